The highest BCUT2D eigenvalue weighted by atomic mass is 16.7. The number of oxime groups is 1. The molecule has 0 aromatic heterocycles. The van der Waals surface area contributed by atoms with Crippen LogP contribution in [0.25, 0.3) is 10.8 Å². The molecule has 0 fully saturated rings. The molecule has 1 aliphatic rings. The largest absolute Gasteiger partial charge is 0.496 e. The van der Waals surface area contributed by atoms with Crippen molar-refractivity contribution in [1.82, 2.24) is 0 Å². The van der Waals surface area contributed by atoms with Crippen molar-refractivity contribution < 1.29 is 47.7 Å². The maximum Gasteiger partial charge on any atom is 0.350 e. The second-order valence-electron chi connectivity index (χ2n) is 9.96. The molecule has 3 rings (SSSR count). The molecule has 2 aromatic rings. The highest BCUT2D eigenvalue weighted by Crippen LogP contribution is 2.32. The lowest BCUT2D eigenvalue weighted by Gasteiger charge is -2.12. The summed E-state index contributed by atoms with van der Waals surface area (Å²) in [5.74, 6) is -1.15. The molecule has 0 saturated heterocycles. The minimum Gasteiger partial charge on any atom is -0.496 e. The summed E-state index contributed by atoms with van der Waals surface area (Å²) < 4.78 is 26.1. The van der Waals surface area contributed by atoms with Crippen LogP contribution < -0.4 is 4.74 Å². The number of benzene rings is 2. The first-order chi connectivity index (χ1) is 20.8. The van der Waals surface area contributed by atoms with Crippen molar-refractivity contribution >= 4 is 40.4 Å². The molecule has 1 heterocycles. The standard InChI is InChI=1S/C32H39NO10/c1-4-28(34)42-22(2)11-10-15-30(36)39-18-9-5-6-14-29(35)40-19-20-41-32(37)27-21-25(33-43-27)31-24-13-8-7-12-23(24)16-17-26(31)38-3/h4,7-8,12-13,16-17,22,27H,1,5-6,9-11,14-15,18-21H2,2-3H3. The maximum atomic E-state index is 12.5. The van der Waals surface area contributed by atoms with Crippen LogP contribution in [0.3, 0.4) is 0 Å². The van der Waals surface area contributed by atoms with E-state index in [4.69, 9.17) is 28.5 Å². The van der Waals surface area contributed by atoms with Gasteiger partial charge in [0.05, 0.1) is 25.5 Å². The van der Waals surface area contributed by atoms with E-state index in [0.717, 1.165) is 22.4 Å². The van der Waals surface area contributed by atoms with Gasteiger partial charge in [-0.2, -0.15) is 0 Å². The van der Waals surface area contributed by atoms with Crippen molar-refractivity contribution in [2.75, 3.05) is 26.9 Å². The molecule has 1 aliphatic heterocycles. The monoisotopic (exact) mass is 597 g/mol. The number of methoxy groups -OCH3 is 1. The van der Waals surface area contributed by atoms with E-state index in [1.807, 2.05) is 36.4 Å². The van der Waals surface area contributed by atoms with Gasteiger partial charge < -0.3 is 28.5 Å². The summed E-state index contributed by atoms with van der Waals surface area (Å²) in [6.45, 7) is 5.21. The van der Waals surface area contributed by atoms with Crippen LogP contribution in [0.2, 0.25) is 0 Å². The van der Waals surface area contributed by atoms with Crippen LogP contribution in [0.5, 0.6) is 5.75 Å². The van der Waals surface area contributed by atoms with Crippen LogP contribution in [0.1, 0.15) is 63.9 Å². The van der Waals surface area contributed by atoms with Crippen molar-refractivity contribution in [3.63, 3.8) is 0 Å². The van der Waals surface area contributed by atoms with E-state index in [0.29, 0.717) is 43.6 Å². The summed E-state index contributed by atoms with van der Waals surface area (Å²) in [4.78, 5) is 52.7. The molecule has 0 saturated carbocycles. The molecule has 0 aliphatic carbocycles. The smallest absolute Gasteiger partial charge is 0.350 e. The normalized spacial score (nSPS) is 14.7. The number of carbonyl (C=O) groups is 4. The third kappa shape index (κ3) is 10.7. The van der Waals surface area contributed by atoms with Gasteiger partial charge in [-0.3, -0.25) is 9.59 Å². The van der Waals surface area contributed by atoms with E-state index in [1.165, 1.54) is 0 Å². The highest BCUT2D eigenvalue weighted by Gasteiger charge is 2.32. The van der Waals surface area contributed by atoms with Crippen LogP contribution in [0.4, 0.5) is 0 Å². The molecule has 0 N–H and O–H groups in total. The Hall–Kier alpha value is -4.41. The van der Waals surface area contributed by atoms with Gasteiger partial charge in [0.25, 0.3) is 0 Å². The minimum atomic E-state index is -0.894. The van der Waals surface area contributed by atoms with Gasteiger partial charge in [-0.05, 0) is 55.9 Å². The third-order valence-electron chi connectivity index (χ3n) is 6.69. The fourth-order valence-corrected chi connectivity index (χ4v) is 4.48. The summed E-state index contributed by atoms with van der Waals surface area (Å²) in [6.07, 6.45) is 3.59. The predicted molar refractivity (Wildman–Crippen MR) is 157 cm³/mol. The molecule has 0 bridgehead atoms. The number of nitrogens with zero attached hydrogens (tertiary/aromatic N) is 1. The van der Waals surface area contributed by atoms with E-state index in [2.05, 4.69) is 11.7 Å². The van der Waals surface area contributed by atoms with Gasteiger partial charge in [-0.15, -0.1) is 0 Å². The second kappa shape index (κ2) is 17.5. The van der Waals surface area contributed by atoms with Gasteiger partial charge in [0.1, 0.15) is 19.0 Å². The topological polar surface area (TPSA) is 136 Å². The quantitative estimate of drug-likeness (QED) is 0.102. The van der Waals surface area contributed by atoms with E-state index >= 15 is 0 Å². The fraction of sp³-hybridized carbons (Fsp3) is 0.469. The van der Waals surface area contributed by atoms with Gasteiger partial charge in [-0.1, -0.05) is 42.1 Å². The molecular formula is C32H39NO10. The molecule has 2 aromatic carbocycles. The summed E-state index contributed by atoms with van der Waals surface area (Å²) in [5, 5.41) is 6.08. The summed E-state index contributed by atoms with van der Waals surface area (Å²) in [7, 11) is 1.58. The van der Waals surface area contributed by atoms with Gasteiger partial charge in [0, 0.05) is 30.9 Å². The Balaban J connectivity index is 1.23. The molecule has 11 nitrogen and oxygen atoms in total. The summed E-state index contributed by atoms with van der Waals surface area (Å²) in [6, 6.07) is 11.6. The predicted octanol–water partition coefficient (Wildman–Crippen LogP) is 4.82. The van der Waals surface area contributed by atoms with E-state index in [9.17, 15) is 19.2 Å². The zero-order valence-electron chi connectivity index (χ0n) is 24.7. The number of carbonyl (C=O) groups excluding carboxylic acids is 4. The van der Waals surface area contributed by atoms with Crippen LogP contribution in [-0.4, -0.2) is 68.7 Å². The molecule has 232 valence electrons. The van der Waals surface area contributed by atoms with Crippen LogP contribution in [-0.2, 0) is 43.0 Å². The van der Waals surface area contributed by atoms with Crippen LogP contribution in [0.15, 0.2) is 54.2 Å². The highest BCUT2D eigenvalue weighted by molar-refractivity contribution is 6.14. The zero-order valence-corrected chi connectivity index (χ0v) is 24.7. The van der Waals surface area contributed by atoms with Crippen molar-refractivity contribution in [3.05, 3.63) is 54.6 Å². The zero-order chi connectivity index (χ0) is 31.0. The minimum absolute atomic E-state index is 0.0643. The Morgan fingerprint density at radius 2 is 1.67 bits per heavy atom. The molecule has 0 spiro atoms. The van der Waals surface area contributed by atoms with Gasteiger partial charge in [0.15, 0.2) is 0 Å². The average Bonchev–Trinajstić information content (AvgIpc) is 3.50. The maximum absolute atomic E-state index is 12.5. The molecule has 2 atom stereocenters. The van der Waals surface area contributed by atoms with Crippen molar-refractivity contribution in [2.24, 2.45) is 5.16 Å². The summed E-state index contributed by atoms with van der Waals surface area (Å²) in [5.41, 5.74) is 1.37. The van der Waals surface area contributed by atoms with Gasteiger partial charge >= 0.3 is 23.9 Å². The van der Waals surface area contributed by atoms with Crippen LogP contribution in [0, 0.1) is 0 Å². The van der Waals surface area contributed by atoms with E-state index < -0.39 is 24.0 Å². The van der Waals surface area contributed by atoms with Crippen LogP contribution >= 0.6 is 0 Å². The molecular weight excluding hydrogens is 558 g/mol. The molecule has 0 radical (unpaired) electrons. The van der Waals surface area contributed by atoms with Crippen molar-refractivity contribution in [2.45, 2.75) is 70.5 Å². The SMILES string of the molecule is C=CC(=O)OC(C)CCCC(=O)OCCCCCC(=O)OCCOC(=O)C1CC(c2c(OC)ccc3ccccc23)=NO1. The number of hydrogen-bond donors (Lipinski definition) is 0. The first-order valence-electron chi connectivity index (χ1n) is 14.4. The van der Waals surface area contributed by atoms with E-state index in [-0.39, 0.29) is 51.2 Å². The Bertz CT molecular complexity index is 1300. The number of esters is 4. The number of fused-ring (bicyclic) bond motifs is 1. The Kier molecular flexibility index (Phi) is 13.5. The Labute approximate surface area is 251 Å². The van der Waals surface area contributed by atoms with E-state index in [1.54, 1.807) is 14.0 Å². The second-order valence-corrected chi connectivity index (χ2v) is 9.96. The first-order valence-corrected chi connectivity index (χ1v) is 14.4. The van der Waals surface area contributed by atoms with Gasteiger partial charge in [-0.25, -0.2) is 9.59 Å². The molecule has 2 unspecified atom stereocenters. The summed E-state index contributed by atoms with van der Waals surface area (Å²) >= 11 is 0. The molecule has 0 amide bonds. The lowest BCUT2D eigenvalue weighted by atomic mass is 9.97. The van der Waals surface area contributed by atoms with Crippen molar-refractivity contribution in [3.8, 4) is 5.75 Å². The third-order valence-corrected chi connectivity index (χ3v) is 6.69. The van der Waals surface area contributed by atoms with Gasteiger partial charge in [0.2, 0.25) is 6.10 Å². The molecule has 43 heavy (non-hydrogen) atoms. The lowest BCUT2D eigenvalue weighted by Crippen LogP contribution is -2.25. The van der Waals surface area contributed by atoms with Crippen molar-refractivity contribution in [1.29, 1.82) is 0 Å². The fourth-order valence-electron chi connectivity index (χ4n) is 4.48. The Morgan fingerprint density at radius 1 is 0.953 bits per heavy atom. The first kappa shape index (κ1) is 33.1. The Morgan fingerprint density at radius 3 is 2.44 bits per heavy atom. The average molecular weight is 598 g/mol. The molecule has 11 heteroatoms. The number of rotatable bonds is 18. The number of ether oxygens (including phenoxy) is 5. The lowest BCUT2D eigenvalue weighted by molar-refractivity contribution is -0.160. The number of hydrogen-bond acceptors (Lipinski definition) is 11. The number of unbranched alkanes of at least 4 members (excludes halogenated alkanes) is 2.